The number of hydrogen-bond acceptors (Lipinski definition) is 5. The Balaban J connectivity index is 1.44. The first-order chi connectivity index (χ1) is 12.7. The van der Waals surface area contributed by atoms with Crippen LogP contribution in [-0.4, -0.2) is 49.6 Å². The average molecular weight is 359 g/mol. The molecule has 2 aromatic rings. The van der Waals surface area contributed by atoms with Crippen LogP contribution < -0.4 is 0 Å². The van der Waals surface area contributed by atoms with E-state index < -0.39 is 6.10 Å². The molecule has 0 aromatic carbocycles. The van der Waals surface area contributed by atoms with Gasteiger partial charge in [0.25, 0.3) is 0 Å². The molecular weight excluding hydrogens is 330 g/mol. The third-order valence-corrected chi connectivity index (χ3v) is 5.71. The Kier molecular flexibility index (Phi) is 5.38. The van der Waals surface area contributed by atoms with E-state index in [1.54, 1.807) is 7.11 Å². The summed E-state index contributed by atoms with van der Waals surface area (Å²) in [7, 11) is 1.72. The zero-order valence-electron chi connectivity index (χ0n) is 15.5. The summed E-state index contributed by atoms with van der Waals surface area (Å²) in [6, 6.07) is 2.11. The maximum absolute atomic E-state index is 10.5. The molecular formula is C19H29N5O2. The predicted octanol–water partition coefficient (Wildman–Crippen LogP) is 1.97. The number of aliphatic hydroxyl groups is 1. The summed E-state index contributed by atoms with van der Waals surface area (Å²) in [6.07, 6.45) is 8.03. The largest absolute Gasteiger partial charge is 0.386 e. The average Bonchev–Trinajstić information content (AvgIpc) is 3.14. The molecule has 1 aliphatic carbocycles. The lowest BCUT2D eigenvalue weighted by Crippen LogP contribution is -2.25. The van der Waals surface area contributed by atoms with Crippen LogP contribution in [0.1, 0.15) is 49.0 Å². The van der Waals surface area contributed by atoms with Crippen molar-refractivity contribution in [3.8, 4) is 0 Å². The molecule has 1 fully saturated rings. The molecule has 142 valence electrons. The van der Waals surface area contributed by atoms with Crippen LogP contribution in [0.5, 0.6) is 0 Å². The molecule has 0 spiro atoms. The van der Waals surface area contributed by atoms with Crippen LogP contribution in [0.3, 0.4) is 0 Å². The molecule has 2 aromatic heterocycles. The van der Waals surface area contributed by atoms with Gasteiger partial charge in [0.2, 0.25) is 0 Å². The molecule has 0 unspecified atom stereocenters. The minimum Gasteiger partial charge on any atom is -0.386 e. The van der Waals surface area contributed by atoms with Crippen LogP contribution in [0.2, 0.25) is 0 Å². The maximum atomic E-state index is 10.5. The Labute approximate surface area is 154 Å². The third kappa shape index (κ3) is 3.70. The van der Waals surface area contributed by atoms with Crippen LogP contribution in [0.4, 0.5) is 0 Å². The first kappa shape index (κ1) is 17.7. The number of fused-ring (bicyclic) bond motifs is 1. The van der Waals surface area contributed by atoms with E-state index in [9.17, 15) is 5.11 Å². The zero-order valence-corrected chi connectivity index (χ0v) is 15.5. The van der Waals surface area contributed by atoms with Crippen molar-refractivity contribution >= 4 is 0 Å². The van der Waals surface area contributed by atoms with Crippen LogP contribution in [0.15, 0.2) is 18.5 Å². The fraction of sp³-hybridized carbons (Fsp3) is 0.684. The number of aryl methyl sites for hydroxylation is 1. The van der Waals surface area contributed by atoms with Gasteiger partial charge in [-0.25, -0.2) is 4.98 Å². The highest BCUT2D eigenvalue weighted by Gasteiger charge is 2.29. The van der Waals surface area contributed by atoms with E-state index in [-0.39, 0.29) is 0 Å². The van der Waals surface area contributed by atoms with Crippen molar-refractivity contribution in [3.63, 3.8) is 0 Å². The van der Waals surface area contributed by atoms with Gasteiger partial charge in [0, 0.05) is 45.7 Å². The van der Waals surface area contributed by atoms with E-state index in [0.29, 0.717) is 12.5 Å². The molecule has 7 nitrogen and oxygen atoms in total. The number of aromatic nitrogens is 4. The zero-order chi connectivity index (χ0) is 17.9. The van der Waals surface area contributed by atoms with Gasteiger partial charge in [-0.1, -0.05) is 6.42 Å². The van der Waals surface area contributed by atoms with Crippen molar-refractivity contribution in [2.75, 3.05) is 20.3 Å². The Bertz CT molecular complexity index is 721. The number of aliphatic hydroxyl groups excluding tert-OH is 1. The molecule has 1 atom stereocenters. The monoisotopic (exact) mass is 359 g/mol. The lowest BCUT2D eigenvalue weighted by molar-refractivity contribution is 0.0581. The van der Waals surface area contributed by atoms with Gasteiger partial charge in [0.15, 0.2) is 0 Å². The van der Waals surface area contributed by atoms with Gasteiger partial charge in [-0.15, -0.1) is 0 Å². The van der Waals surface area contributed by atoms with Gasteiger partial charge in [0.05, 0.1) is 24.5 Å². The van der Waals surface area contributed by atoms with Gasteiger partial charge >= 0.3 is 0 Å². The molecule has 1 saturated carbocycles. The molecule has 26 heavy (non-hydrogen) atoms. The first-order valence-corrected chi connectivity index (χ1v) is 9.70. The quantitative estimate of drug-likeness (QED) is 0.819. The van der Waals surface area contributed by atoms with Crippen molar-refractivity contribution in [1.82, 2.24) is 24.2 Å². The molecule has 0 amide bonds. The molecule has 0 saturated heterocycles. The number of imidazole rings is 1. The predicted molar refractivity (Wildman–Crippen MR) is 97.4 cm³/mol. The second kappa shape index (κ2) is 7.90. The van der Waals surface area contributed by atoms with E-state index in [1.807, 2.05) is 12.4 Å². The van der Waals surface area contributed by atoms with Gasteiger partial charge in [-0.05, 0) is 31.2 Å². The second-order valence-corrected chi connectivity index (χ2v) is 7.51. The SMILES string of the molecule is COCCn1ccnc1CN1CCCn2nc([C@H](O)C3CCC3)cc2C1. The first-order valence-electron chi connectivity index (χ1n) is 9.70. The highest BCUT2D eigenvalue weighted by molar-refractivity contribution is 5.15. The lowest BCUT2D eigenvalue weighted by Gasteiger charge is -2.29. The number of methoxy groups -OCH3 is 1. The number of rotatable bonds is 7. The molecule has 0 radical (unpaired) electrons. The van der Waals surface area contributed by atoms with Gasteiger partial charge in [0.1, 0.15) is 11.9 Å². The Morgan fingerprint density at radius 3 is 2.96 bits per heavy atom. The van der Waals surface area contributed by atoms with E-state index in [1.165, 1.54) is 12.1 Å². The number of nitrogens with zero attached hydrogens (tertiary/aromatic N) is 5. The molecule has 7 heteroatoms. The van der Waals surface area contributed by atoms with E-state index in [2.05, 4.69) is 25.2 Å². The standard InChI is InChI=1S/C19H29N5O2/c1-26-11-10-23-9-6-20-18(23)14-22-7-3-8-24-16(13-22)12-17(21-24)19(25)15-4-2-5-15/h6,9,12,15,19,25H,2-5,7-8,10-11,13-14H2,1H3/t19-/m1/s1. The van der Waals surface area contributed by atoms with Gasteiger partial charge in [-0.3, -0.25) is 9.58 Å². The summed E-state index contributed by atoms with van der Waals surface area (Å²) in [5.41, 5.74) is 2.05. The normalized spacial score (nSPS) is 19.8. The summed E-state index contributed by atoms with van der Waals surface area (Å²) in [4.78, 5) is 6.95. The topological polar surface area (TPSA) is 68.3 Å². The summed E-state index contributed by atoms with van der Waals surface area (Å²) in [5, 5.41) is 15.2. The third-order valence-electron chi connectivity index (χ3n) is 5.71. The van der Waals surface area contributed by atoms with Gasteiger partial charge < -0.3 is 14.4 Å². The molecule has 4 rings (SSSR count). The van der Waals surface area contributed by atoms with Crippen molar-refractivity contribution in [3.05, 3.63) is 35.7 Å². The van der Waals surface area contributed by atoms with Gasteiger partial charge in [-0.2, -0.15) is 5.10 Å². The van der Waals surface area contributed by atoms with Crippen LogP contribution in [0.25, 0.3) is 0 Å². The van der Waals surface area contributed by atoms with Crippen molar-refractivity contribution in [2.24, 2.45) is 5.92 Å². The van der Waals surface area contributed by atoms with E-state index in [0.717, 1.165) is 63.5 Å². The summed E-state index contributed by atoms with van der Waals surface area (Å²) >= 11 is 0. The Morgan fingerprint density at radius 2 is 2.19 bits per heavy atom. The molecule has 0 bridgehead atoms. The summed E-state index contributed by atoms with van der Waals surface area (Å²) in [5.74, 6) is 1.48. The smallest absolute Gasteiger partial charge is 0.122 e. The maximum Gasteiger partial charge on any atom is 0.122 e. The lowest BCUT2D eigenvalue weighted by atomic mass is 9.80. The number of hydrogen-bond donors (Lipinski definition) is 1. The van der Waals surface area contributed by atoms with Crippen LogP contribution >= 0.6 is 0 Å². The van der Waals surface area contributed by atoms with E-state index >= 15 is 0 Å². The second-order valence-electron chi connectivity index (χ2n) is 7.51. The van der Waals surface area contributed by atoms with E-state index in [4.69, 9.17) is 9.84 Å². The molecule has 2 aliphatic rings. The number of ether oxygens (including phenoxy) is 1. The minimum atomic E-state index is -0.399. The highest BCUT2D eigenvalue weighted by atomic mass is 16.5. The molecule has 1 N–H and O–H groups in total. The Morgan fingerprint density at radius 1 is 1.31 bits per heavy atom. The van der Waals surface area contributed by atoms with Crippen LogP contribution in [0, 0.1) is 5.92 Å². The molecule has 3 heterocycles. The fourth-order valence-corrected chi connectivity index (χ4v) is 3.91. The molecule has 1 aliphatic heterocycles. The highest BCUT2D eigenvalue weighted by Crippen LogP contribution is 2.37. The van der Waals surface area contributed by atoms with Crippen molar-refractivity contribution in [2.45, 2.75) is 58.0 Å². The van der Waals surface area contributed by atoms with Crippen molar-refractivity contribution in [1.29, 1.82) is 0 Å². The summed E-state index contributed by atoms with van der Waals surface area (Å²) < 4.78 is 9.44. The summed E-state index contributed by atoms with van der Waals surface area (Å²) in [6.45, 7) is 5.14. The minimum absolute atomic E-state index is 0.399. The Hall–Kier alpha value is -1.70. The van der Waals surface area contributed by atoms with Crippen molar-refractivity contribution < 1.29 is 9.84 Å². The fourth-order valence-electron chi connectivity index (χ4n) is 3.91. The van der Waals surface area contributed by atoms with Crippen LogP contribution in [-0.2, 0) is 30.9 Å².